The summed E-state index contributed by atoms with van der Waals surface area (Å²) in [6, 6.07) is -0.279. The smallest absolute Gasteiger partial charge is 0.331 e. The number of aliphatic carboxylic acids is 1. The van der Waals surface area contributed by atoms with Gasteiger partial charge in [0.15, 0.2) is 0 Å². The summed E-state index contributed by atoms with van der Waals surface area (Å²) < 4.78 is 0. The van der Waals surface area contributed by atoms with E-state index in [1.807, 2.05) is 13.8 Å². The second kappa shape index (κ2) is 14.3. The van der Waals surface area contributed by atoms with Crippen molar-refractivity contribution >= 4 is 17.8 Å². The fraction of sp³-hybridized carbons (Fsp3) is 0.800. The minimum atomic E-state index is -1.000. The summed E-state index contributed by atoms with van der Waals surface area (Å²) in [5, 5.41) is 11.9. The SMILES string of the molecule is C/C(=C\[C@H](C(C)C)N(C)C(=O)CNC(=O)[C@@H]1CC[C@H](C)CN1C(C)C)C(=O)O.CC(C)C. The maximum atomic E-state index is 12.7. The topological polar surface area (TPSA) is 90.0 Å². The van der Waals surface area contributed by atoms with Crippen molar-refractivity contribution in [3.05, 3.63) is 11.6 Å². The summed E-state index contributed by atoms with van der Waals surface area (Å²) >= 11 is 0. The maximum Gasteiger partial charge on any atom is 0.331 e. The number of hydrogen-bond acceptors (Lipinski definition) is 4. The number of likely N-dealkylation sites (N-methyl/N-ethyl adjacent to an activating group) is 1. The number of carbonyl (C=O) groups is 3. The van der Waals surface area contributed by atoms with Crippen molar-refractivity contribution in [3.8, 4) is 0 Å². The molecule has 1 aliphatic heterocycles. The number of piperidine rings is 1. The summed E-state index contributed by atoms with van der Waals surface area (Å²) in [4.78, 5) is 40.2. The first-order valence-electron chi connectivity index (χ1n) is 11.9. The highest BCUT2D eigenvalue weighted by Crippen LogP contribution is 2.23. The zero-order chi connectivity index (χ0) is 25.2. The van der Waals surface area contributed by atoms with Crippen LogP contribution in [-0.2, 0) is 14.4 Å². The predicted octanol–water partition coefficient (Wildman–Crippen LogP) is 3.79. The predicted molar refractivity (Wildman–Crippen MR) is 130 cm³/mol. The molecule has 1 aliphatic rings. The van der Waals surface area contributed by atoms with Crippen molar-refractivity contribution in [3.63, 3.8) is 0 Å². The van der Waals surface area contributed by atoms with Gasteiger partial charge in [-0.05, 0) is 51.4 Å². The molecule has 0 aromatic carbocycles. The van der Waals surface area contributed by atoms with Crippen LogP contribution in [0.1, 0.15) is 75.2 Å². The lowest BCUT2D eigenvalue weighted by Crippen LogP contribution is -2.55. The highest BCUT2D eigenvalue weighted by molar-refractivity contribution is 5.88. The molecule has 0 aliphatic carbocycles. The van der Waals surface area contributed by atoms with Gasteiger partial charge in [0.1, 0.15) is 0 Å². The van der Waals surface area contributed by atoms with Gasteiger partial charge < -0.3 is 15.3 Å². The normalized spacial score (nSPS) is 20.6. The highest BCUT2D eigenvalue weighted by Gasteiger charge is 2.33. The van der Waals surface area contributed by atoms with E-state index < -0.39 is 5.97 Å². The van der Waals surface area contributed by atoms with Gasteiger partial charge in [-0.2, -0.15) is 0 Å². The molecule has 2 N–H and O–H groups in total. The zero-order valence-corrected chi connectivity index (χ0v) is 21.9. The molecule has 32 heavy (non-hydrogen) atoms. The fourth-order valence-electron chi connectivity index (χ4n) is 3.69. The maximum absolute atomic E-state index is 12.7. The second-order valence-electron chi connectivity index (χ2n) is 10.3. The first-order valence-corrected chi connectivity index (χ1v) is 11.9. The Morgan fingerprint density at radius 2 is 1.62 bits per heavy atom. The number of carbonyl (C=O) groups excluding carboxylic acids is 2. The lowest BCUT2D eigenvalue weighted by atomic mass is 9.92. The summed E-state index contributed by atoms with van der Waals surface area (Å²) in [5.74, 6) is 0.105. The van der Waals surface area contributed by atoms with Crippen LogP contribution in [0.25, 0.3) is 0 Å². The first kappa shape index (κ1) is 30.1. The van der Waals surface area contributed by atoms with Gasteiger partial charge >= 0.3 is 5.97 Å². The number of nitrogens with one attached hydrogen (secondary N) is 1. The first-order chi connectivity index (χ1) is 14.7. The Kier molecular flexibility index (Phi) is 13.5. The highest BCUT2D eigenvalue weighted by atomic mass is 16.4. The Hall–Kier alpha value is -1.89. The van der Waals surface area contributed by atoms with E-state index in [0.29, 0.717) is 5.92 Å². The van der Waals surface area contributed by atoms with Gasteiger partial charge in [0.05, 0.1) is 18.6 Å². The summed E-state index contributed by atoms with van der Waals surface area (Å²) in [5.41, 5.74) is 0.200. The Balaban J connectivity index is 0.00000220. The molecule has 1 fully saturated rings. The molecule has 1 saturated heterocycles. The van der Waals surface area contributed by atoms with Crippen LogP contribution in [0.15, 0.2) is 11.6 Å². The van der Waals surface area contributed by atoms with Crippen molar-refractivity contribution in [1.82, 2.24) is 15.1 Å². The minimum absolute atomic E-state index is 0.0511. The van der Waals surface area contributed by atoms with Crippen LogP contribution in [0.4, 0.5) is 0 Å². The molecule has 3 atom stereocenters. The number of rotatable bonds is 8. The molecule has 0 saturated carbocycles. The van der Waals surface area contributed by atoms with Gasteiger partial charge in [0.25, 0.3) is 0 Å². The van der Waals surface area contributed by atoms with E-state index in [4.69, 9.17) is 5.11 Å². The molecule has 0 aromatic heterocycles. The Morgan fingerprint density at radius 3 is 2.06 bits per heavy atom. The van der Waals surface area contributed by atoms with E-state index in [1.165, 1.54) is 11.8 Å². The van der Waals surface area contributed by atoms with E-state index in [1.54, 1.807) is 13.1 Å². The molecular weight excluding hydrogens is 406 g/mol. The van der Waals surface area contributed by atoms with Crippen molar-refractivity contribution in [1.29, 1.82) is 0 Å². The van der Waals surface area contributed by atoms with E-state index in [0.717, 1.165) is 25.3 Å². The van der Waals surface area contributed by atoms with Crippen LogP contribution in [-0.4, -0.2) is 71.0 Å². The Labute approximate surface area is 195 Å². The molecule has 0 aromatic rings. The Morgan fingerprint density at radius 1 is 1.09 bits per heavy atom. The number of amides is 2. The van der Waals surface area contributed by atoms with Crippen LogP contribution in [0, 0.1) is 17.8 Å². The molecule has 186 valence electrons. The average molecular weight is 454 g/mol. The van der Waals surface area contributed by atoms with Crippen LogP contribution in [0.5, 0.6) is 0 Å². The Bertz CT molecular complexity index is 640. The molecule has 7 nitrogen and oxygen atoms in total. The number of likely N-dealkylation sites (tertiary alicyclic amines) is 1. The van der Waals surface area contributed by atoms with Crippen molar-refractivity contribution in [2.45, 2.75) is 93.3 Å². The lowest BCUT2D eigenvalue weighted by Gasteiger charge is -2.40. The third-order valence-electron chi connectivity index (χ3n) is 5.52. The van der Waals surface area contributed by atoms with Gasteiger partial charge in [0.2, 0.25) is 11.8 Å². The molecule has 0 spiro atoms. The minimum Gasteiger partial charge on any atom is -0.478 e. The quantitative estimate of drug-likeness (QED) is 0.546. The molecule has 1 rings (SSSR count). The van der Waals surface area contributed by atoms with Gasteiger partial charge in [-0.1, -0.05) is 47.6 Å². The average Bonchev–Trinajstić information content (AvgIpc) is 2.68. The second-order valence-corrected chi connectivity index (χ2v) is 10.3. The van der Waals surface area contributed by atoms with E-state index in [2.05, 4.69) is 51.8 Å². The zero-order valence-electron chi connectivity index (χ0n) is 21.9. The van der Waals surface area contributed by atoms with E-state index >= 15 is 0 Å². The van der Waals surface area contributed by atoms with Gasteiger partial charge in [0, 0.05) is 25.2 Å². The van der Waals surface area contributed by atoms with Crippen LogP contribution in [0.2, 0.25) is 0 Å². The van der Waals surface area contributed by atoms with Gasteiger partial charge in [-0.15, -0.1) is 0 Å². The molecule has 0 radical (unpaired) electrons. The standard InChI is InChI=1S/C21H37N3O4.C4H10/c1-13(2)18(10-16(6)21(27)28)23(7)19(25)11-22-20(26)17-9-8-15(5)12-24(17)14(3)4;1-4(2)3/h10,13-15,17-18H,8-9,11-12H2,1-7H3,(H,22,26)(H,27,28);4H,1-3H3/b16-10+;/t15-,17-,18+;/m0./s1. The van der Waals surface area contributed by atoms with Gasteiger partial charge in [-0.25, -0.2) is 4.79 Å². The molecular formula is C25H47N3O4. The van der Waals surface area contributed by atoms with Crippen LogP contribution in [0.3, 0.4) is 0 Å². The largest absolute Gasteiger partial charge is 0.478 e. The molecule has 1 heterocycles. The fourth-order valence-corrected chi connectivity index (χ4v) is 3.69. The van der Waals surface area contributed by atoms with Crippen molar-refractivity contribution in [2.75, 3.05) is 20.1 Å². The van der Waals surface area contributed by atoms with Crippen LogP contribution >= 0.6 is 0 Å². The summed E-state index contributed by atoms with van der Waals surface area (Å²) in [6.07, 6.45) is 3.39. The summed E-state index contributed by atoms with van der Waals surface area (Å²) in [6.45, 7) is 19.0. The third kappa shape index (κ3) is 10.6. The van der Waals surface area contributed by atoms with Crippen molar-refractivity contribution in [2.24, 2.45) is 17.8 Å². The van der Waals surface area contributed by atoms with E-state index in [-0.39, 0.29) is 48.0 Å². The molecule has 7 heteroatoms. The number of carboxylic acid groups (broad SMARTS) is 1. The number of hydrogen-bond donors (Lipinski definition) is 2. The lowest BCUT2D eigenvalue weighted by molar-refractivity contribution is -0.136. The molecule has 0 unspecified atom stereocenters. The third-order valence-corrected chi connectivity index (χ3v) is 5.52. The van der Waals surface area contributed by atoms with E-state index in [9.17, 15) is 14.4 Å². The number of carboxylic acids is 1. The number of nitrogens with zero attached hydrogens (tertiary/aromatic N) is 2. The molecule has 0 bridgehead atoms. The monoisotopic (exact) mass is 453 g/mol. The van der Waals surface area contributed by atoms with Crippen LogP contribution < -0.4 is 5.32 Å². The summed E-state index contributed by atoms with van der Waals surface area (Å²) in [7, 11) is 1.65. The van der Waals surface area contributed by atoms with Crippen molar-refractivity contribution < 1.29 is 19.5 Å². The van der Waals surface area contributed by atoms with Gasteiger partial charge in [-0.3, -0.25) is 14.5 Å². The molecule has 2 amide bonds.